The molecule has 1 aliphatic carbocycles. The first-order valence-corrected chi connectivity index (χ1v) is 8.53. The summed E-state index contributed by atoms with van der Waals surface area (Å²) in [7, 11) is 0. The number of hydrogen-bond donors (Lipinski definition) is 0. The largest absolute Gasteiger partial charge is 0.372 e. The van der Waals surface area contributed by atoms with E-state index in [0.717, 1.165) is 31.6 Å². The lowest BCUT2D eigenvalue weighted by molar-refractivity contribution is 0.866. The van der Waals surface area contributed by atoms with Crippen molar-refractivity contribution in [3.63, 3.8) is 0 Å². The molecular weight excluding hydrogens is 298 g/mol. The maximum Gasteiger partial charge on any atom is 0.252 e. The zero-order valence-corrected chi connectivity index (χ0v) is 14.1. The van der Waals surface area contributed by atoms with Crippen molar-refractivity contribution in [1.29, 1.82) is 0 Å². The average Bonchev–Trinajstić information content (AvgIpc) is 3.24. The van der Waals surface area contributed by atoms with Gasteiger partial charge in [0.25, 0.3) is 5.78 Å². The van der Waals surface area contributed by atoms with Crippen LogP contribution in [0.1, 0.15) is 37.1 Å². The fourth-order valence-electron chi connectivity index (χ4n) is 3.44. The smallest absolute Gasteiger partial charge is 0.252 e. The minimum Gasteiger partial charge on any atom is -0.372 e. The zero-order valence-electron chi connectivity index (χ0n) is 14.1. The number of hydrogen-bond acceptors (Lipinski definition) is 4. The van der Waals surface area contributed by atoms with E-state index in [0.29, 0.717) is 5.78 Å². The molecule has 0 fully saturated rings. The summed E-state index contributed by atoms with van der Waals surface area (Å²) in [5.74, 6) is 0.665. The molecule has 1 aliphatic rings. The molecule has 5 heteroatoms. The first-order valence-electron chi connectivity index (χ1n) is 8.53. The third-order valence-corrected chi connectivity index (χ3v) is 4.71. The van der Waals surface area contributed by atoms with Gasteiger partial charge in [-0.3, -0.25) is 0 Å². The summed E-state index contributed by atoms with van der Waals surface area (Å²) < 4.78 is 1.86. The molecule has 0 bridgehead atoms. The van der Waals surface area contributed by atoms with Gasteiger partial charge in [0, 0.05) is 25.0 Å². The molecule has 0 unspecified atom stereocenters. The van der Waals surface area contributed by atoms with E-state index in [1.807, 2.05) is 10.7 Å². The topological polar surface area (TPSA) is 46.3 Å². The van der Waals surface area contributed by atoms with Crippen LogP contribution in [0.3, 0.4) is 0 Å². The number of fused-ring (bicyclic) bond motifs is 3. The monoisotopic (exact) mass is 319 g/mol. The van der Waals surface area contributed by atoms with Crippen LogP contribution >= 0.6 is 0 Å². The highest BCUT2D eigenvalue weighted by atomic mass is 15.3. The highest BCUT2D eigenvalue weighted by molar-refractivity contribution is 5.84. The van der Waals surface area contributed by atoms with Gasteiger partial charge in [-0.05, 0) is 61.6 Å². The molecule has 3 aromatic rings. The van der Waals surface area contributed by atoms with Crippen LogP contribution in [-0.4, -0.2) is 32.7 Å². The lowest BCUT2D eigenvalue weighted by Gasteiger charge is -2.20. The summed E-state index contributed by atoms with van der Waals surface area (Å²) in [5.41, 5.74) is 6.21. The molecule has 0 atom stereocenters. The first-order chi connectivity index (χ1) is 11.8. The molecule has 2 heterocycles. The van der Waals surface area contributed by atoms with Crippen molar-refractivity contribution in [2.75, 3.05) is 18.0 Å². The van der Waals surface area contributed by atoms with Crippen LogP contribution in [-0.2, 0) is 6.42 Å². The first kappa shape index (κ1) is 14.9. The van der Waals surface area contributed by atoms with E-state index in [1.54, 1.807) is 6.33 Å². The van der Waals surface area contributed by atoms with E-state index in [-0.39, 0.29) is 0 Å². The van der Waals surface area contributed by atoms with Gasteiger partial charge in [0.15, 0.2) is 0 Å². The highest BCUT2D eigenvalue weighted by Crippen LogP contribution is 2.33. The van der Waals surface area contributed by atoms with Crippen molar-refractivity contribution < 1.29 is 0 Å². The Morgan fingerprint density at radius 1 is 1.08 bits per heavy atom. The Hall–Kier alpha value is -2.69. The van der Waals surface area contributed by atoms with Crippen LogP contribution in [0, 0.1) is 0 Å². The van der Waals surface area contributed by atoms with Crippen molar-refractivity contribution in [2.24, 2.45) is 0 Å². The second-order valence-corrected chi connectivity index (χ2v) is 6.04. The Bertz CT molecular complexity index is 888. The van der Waals surface area contributed by atoms with Gasteiger partial charge in [-0.1, -0.05) is 12.1 Å². The maximum absolute atomic E-state index is 4.36. The molecule has 4 rings (SSSR count). The summed E-state index contributed by atoms with van der Waals surface area (Å²) in [6.45, 7) is 6.43. The Labute approximate surface area is 141 Å². The highest BCUT2D eigenvalue weighted by Gasteiger charge is 2.21. The molecule has 0 saturated carbocycles. The van der Waals surface area contributed by atoms with Gasteiger partial charge in [0.1, 0.15) is 6.33 Å². The lowest BCUT2D eigenvalue weighted by atomic mass is 10.1. The minimum absolute atomic E-state index is 0.665. The fraction of sp³-hybridized carbons (Fsp3) is 0.316. The van der Waals surface area contributed by atoms with E-state index in [1.165, 1.54) is 22.4 Å². The minimum atomic E-state index is 0.665. The molecule has 0 amide bonds. The fourth-order valence-corrected chi connectivity index (χ4v) is 3.44. The van der Waals surface area contributed by atoms with Gasteiger partial charge < -0.3 is 4.90 Å². The molecule has 2 aromatic heterocycles. The second-order valence-electron chi connectivity index (χ2n) is 6.04. The van der Waals surface area contributed by atoms with Crippen LogP contribution in [0.2, 0.25) is 0 Å². The van der Waals surface area contributed by atoms with Crippen LogP contribution in [0.15, 0.2) is 36.8 Å². The lowest BCUT2D eigenvalue weighted by Crippen LogP contribution is -2.21. The quantitative estimate of drug-likeness (QED) is 0.739. The van der Waals surface area contributed by atoms with Crippen molar-refractivity contribution in [3.8, 4) is 0 Å². The van der Waals surface area contributed by atoms with E-state index < -0.39 is 0 Å². The molecule has 0 N–H and O–H groups in total. The normalized spacial score (nSPS) is 15.2. The second kappa shape index (κ2) is 6.07. The number of allylic oxidation sites excluding steroid dienone is 1. The molecule has 0 radical (unpaired) electrons. The van der Waals surface area contributed by atoms with Gasteiger partial charge >= 0.3 is 0 Å². The van der Waals surface area contributed by atoms with Crippen LogP contribution in [0.5, 0.6) is 0 Å². The SMILES string of the molecule is CCN(CC)c1ccc(/C=C2/CCc3cnc4ncnn4c32)cc1. The van der Waals surface area contributed by atoms with Gasteiger partial charge in [0.2, 0.25) is 0 Å². The Balaban J connectivity index is 1.70. The van der Waals surface area contributed by atoms with E-state index in [9.17, 15) is 0 Å². The van der Waals surface area contributed by atoms with Gasteiger partial charge in [0.05, 0.1) is 5.69 Å². The summed E-state index contributed by atoms with van der Waals surface area (Å²) in [6.07, 6.45) is 7.80. The molecule has 1 aromatic carbocycles. The molecule has 0 saturated heterocycles. The number of anilines is 1. The number of benzene rings is 1. The standard InChI is InChI=1S/C19H21N5/c1-3-23(4-2)17-9-5-14(6-10-17)11-15-7-8-16-12-20-19-21-13-22-24(19)18(15)16/h5-6,9-13H,3-4,7-8H2,1-2H3/b15-11-. The molecule has 122 valence electrons. The van der Waals surface area contributed by atoms with Gasteiger partial charge in [-0.15, -0.1) is 0 Å². The van der Waals surface area contributed by atoms with Crippen LogP contribution in [0.4, 0.5) is 5.69 Å². The van der Waals surface area contributed by atoms with E-state index in [2.05, 4.69) is 64.2 Å². The Morgan fingerprint density at radius 2 is 1.88 bits per heavy atom. The third-order valence-electron chi connectivity index (χ3n) is 4.71. The maximum atomic E-state index is 4.36. The van der Waals surface area contributed by atoms with Crippen molar-refractivity contribution in [3.05, 3.63) is 53.6 Å². The van der Waals surface area contributed by atoms with Gasteiger partial charge in [-0.25, -0.2) is 4.98 Å². The Morgan fingerprint density at radius 3 is 2.62 bits per heavy atom. The molecule has 5 nitrogen and oxygen atoms in total. The van der Waals surface area contributed by atoms with E-state index in [4.69, 9.17) is 0 Å². The van der Waals surface area contributed by atoms with Crippen molar-refractivity contribution in [1.82, 2.24) is 19.6 Å². The zero-order chi connectivity index (χ0) is 16.5. The van der Waals surface area contributed by atoms with Crippen LogP contribution in [0.25, 0.3) is 17.4 Å². The Kier molecular flexibility index (Phi) is 3.76. The number of aromatic nitrogens is 4. The summed E-state index contributed by atoms with van der Waals surface area (Å²) >= 11 is 0. The third kappa shape index (κ3) is 2.46. The number of nitrogens with zero attached hydrogens (tertiary/aromatic N) is 5. The predicted molar refractivity (Wildman–Crippen MR) is 97.0 cm³/mol. The summed E-state index contributed by atoms with van der Waals surface area (Å²) in [4.78, 5) is 10.9. The van der Waals surface area contributed by atoms with Crippen molar-refractivity contribution >= 4 is 23.1 Å². The molecular formula is C19H21N5. The number of rotatable bonds is 4. The summed E-state index contributed by atoms with van der Waals surface area (Å²) in [5, 5.41) is 4.34. The van der Waals surface area contributed by atoms with Crippen LogP contribution < -0.4 is 4.90 Å². The summed E-state index contributed by atoms with van der Waals surface area (Å²) in [6, 6.07) is 8.79. The van der Waals surface area contributed by atoms with E-state index >= 15 is 0 Å². The van der Waals surface area contributed by atoms with Crippen molar-refractivity contribution in [2.45, 2.75) is 26.7 Å². The average molecular weight is 319 g/mol. The molecule has 0 spiro atoms. The molecule has 24 heavy (non-hydrogen) atoms. The number of aryl methyl sites for hydroxylation is 1. The predicted octanol–water partition coefficient (Wildman–Crippen LogP) is 3.46. The molecule has 0 aliphatic heterocycles. The van der Waals surface area contributed by atoms with Gasteiger partial charge in [-0.2, -0.15) is 14.6 Å².